The van der Waals surface area contributed by atoms with Gasteiger partial charge in [-0.2, -0.15) is 0 Å². The molecule has 2 spiro atoms. The molecule has 0 aromatic heterocycles. The minimum atomic E-state index is 0.0934. The van der Waals surface area contributed by atoms with Gasteiger partial charge < -0.3 is 9.47 Å². The number of carbonyl (C=O) groups excluding carboxylic acids is 1. The van der Waals surface area contributed by atoms with Gasteiger partial charge in [0.2, 0.25) is 0 Å². The molecule has 0 amide bonds. The molecule has 5 rings (SSSR count). The number of ether oxygens (including phenoxy) is 2. The maximum Gasteiger partial charge on any atom is 0.145 e. The minimum Gasteiger partial charge on any atom is -0.378 e. The summed E-state index contributed by atoms with van der Waals surface area (Å²) in [5.74, 6) is 4.27. The van der Waals surface area contributed by atoms with Crippen molar-refractivity contribution in [1.82, 2.24) is 0 Å². The van der Waals surface area contributed by atoms with Crippen LogP contribution >= 0.6 is 0 Å². The van der Waals surface area contributed by atoms with Crippen LogP contribution in [0.4, 0.5) is 0 Å². The Morgan fingerprint density at radius 3 is 1.23 bits per heavy atom. The molecule has 0 radical (unpaired) electrons. The van der Waals surface area contributed by atoms with Crippen LogP contribution in [0.15, 0.2) is 0 Å². The van der Waals surface area contributed by atoms with Gasteiger partial charge in [-0.15, -0.1) is 0 Å². The summed E-state index contributed by atoms with van der Waals surface area (Å²) < 4.78 is 12.4. The molecule has 0 atom stereocenters. The maximum atomic E-state index is 13.8. The highest BCUT2D eigenvalue weighted by molar-refractivity contribution is 5.96. The highest BCUT2D eigenvalue weighted by atomic mass is 16.5. The van der Waals surface area contributed by atoms with Crippen LogP contribution in [0, 0.1) is 34.5 Å². The summed E-state index contributed by atoms with van der Waals surface area (Å²) >= 11 is 0. The molecule has 3 heteroatoms. The van der Waals surface area contributed by atoms with E-state index >= 15 is 0 Å². The van der Waals surface area contributed by atoms with Crippen molar-refractivity contribution in [3.63, 3.8) is 0 Å². The van der Waals surface area contributed by atoms with Gasteiger partial charge in [-0.1, -0.05) is 39.5 Å². The van der Waals surface area contributed by atoms with Crippen molar-refractivity contribution in [2.45, 2.75) is 174 Å². The quantitative estimate of drug-likeness (QED) is 0.230. The second-order valence-corrected chi connectivity index (χ2v) is 15.0. The molecule has 0 aromatic rings. The van der Waals surface area contributed by atoms with Gasteiger partial charge in [0, 0.05) is 24.0 Å². The van der Waals surface area contributed by atoms with Gasteiger partial charge in [0.25, 0.3) is 0 Å². The van der Waals surface area contributed by atoms with Gasteiger partial charge in [-0.05, 0) is 146 Å². The first-order valence-electron chi connectivity index (χ1n) is 17.9. The lowest BCUT2D eigenvalue weighted by molar-refractivity contribution is -0.170. The molecule has 0 unspecified atom stereocenters. The molecular formula is C36H62O3. The van der Waals surface area contributed by atoms with Crippen molar-refractivity contribution < 1.29 is 14.3 Å². The van der Waals surface area contributed by atoms with Gasteiger partial charge in [0.15, 0.2) is 0 Å². The molecule has 0 aliphatic heterocycles. The van der Waals surface area contributed by atoms with E-state index < -0.39 is 0 Å². The molecule has 0 bridgehead atoms. The fourth-order valence-corrected chi connectivity index (χ4v) is 10.1. The summed E-state index contributed by atoms with van der Waals surface area (Å²) in [6.07, 6.45) is 30.6. The number of hydrogen-bond acceptors (Lipinski definition) is 3. The van der Waals surface area contributed by atoms with Crippen LogP contribution < -0.4 is 0 Å². The Labute approximate surface area is 241 Å². The number of ketones is 1. The number of hydrogen-bond donors (Lipinski definition) is 0. The van der Waals surface area contributed by atoms with Crippen LogP contribution in [0.3, 0.4) is 0 Å². The van der Waals surface area contributed by atoms with Crippen molar-refractivity contribution in [2.24, 2.45) is 34.5 Å². The predicted octanol–water partition coefficient (Wildman–Crippen LogP) is 9.84. The van der Waals surface area contributed by atoms with Gasteiger partial charge in [-0.25, -0.2) is 0 Å². The Morgan fingerprint density at radius 1 is 0.538 bits per heavy atom. The van der Waals surface area contributed by atoms with E-state index in [2.05, 4.69) is 13.8 Å². The van der Waals surface area contributed by atoms with Crippen molar-refractivity contribution in [2.75, 3.05) is 13.2 Å². The zero-order chi connectivity index (χ0) is 27.1. The normalized spacial score (nSPS) is 41.1. The second-order valence-electron chi connectivity index (χ2n) is 15.0. The molecule has 5 fully saturated rings. The molecule has 5 aliphatic rings. The first-order chi connectivity index (χ1) is 19.1. The van der Waals surface area contributed by atoms with Crippen LogP contribution in [-0.2, 0) is 14.3 Å². The van der Waals surface area contributed by atoms with Crippen molar-refractivity contribution in [1.29, 1.82) is 0 Å². The fourth-order valence-electron chi connectivity index (χ4n) is 10.1. The molecule has 3 nitrogen and oxygen atoms in total. The van der Waals surface area contributed by atoms with Crippen molar-refractivity contribution in [3.8, 4) is 0 Å². The van der Waals surface area contributed by atoms with Gasteiger partial charge in [0.1, 0.15) is 5.78 Å². The third-order valence-electron chi connectivity index (χ3n) is 12.6. The number of Topliss-reactive ketones (excluding diaryl/α,β-unsaturated/α-hetero) is 1. The first-order valence-corrected chi connectivity index (χ1v) is 17.9. The van der Waals surface area contributed by atoms with E-state index in [1.165, 1.54) is 148 Å². The monoisotopic (exact) mass is 542 g/mol. The van der Waals surface area contributed by atoms with Crippen LogP contribution in [0.1, 0.15) is 162 Å². The van der Waals surface area contributed by atoms with Crippen LogP contribution in [0.25, 0.3) is 0 Å². The van der Waals surface area contributed by atoms with Crippen molar-refractivity contribution >= 4 is 5.78 Å². The molecule has 5 saturated carbocycles. The first kappa shape index (κ1) is 30.1. The summed E-state index contributed by atoms with van der Waals surface area (Å²) in [5, 5.41) is 0. The standard InChI is InChI=1S/C36H62O3/c1-3-5-7-25-38-32-13-9-28(10-14-32)30-17-21-35(22-18-30)27-36(34(35)37)23-19-31(20-24-36)29-11-15-33(16-12-29)39-26-8-6-4-2/h28-33H,3-27H2,1-2H3. The third-order valence-corrected chi connectivity index (χ3v) is 12.6. The average molecular weight is 543 g/mol. The predicted molar refractivity (Wildman–Crippen MR) is 161 cm³/mol. The summed E-state index contributed by atoms with van der Waals surface area (Å²) in [6, 6.07) is 0. The molecule has 39 heavy (non-hydrogen) atoms. The molecule has 5 aliphatic carbocycles. The third kappa shape index (κ3) is 7.15. The van der Waals surface area contributed by atoms with E-state index in [-0.39, 0.29) is 10.8 Å². The van der Waals surface area contributed by atoms with Gasteiger partial charge in [-0.3, -0.25) is 4.79 Å². The Kier molecular flexibility index (Phi) is 10.9. The lowest BCUT2D eigenvalue weighted by atomic mass is 9.42. The zero-order valence-corrected chi connectivity index (χ0v) is 25.9. The van der Waals surface area contributed by atoms with E-state index in [4.69, 9.17) is 9.47 Å². The fraction of sp³-hybridized carbons (Fsp3) is 0.972. The molecule has 0 aromatic carbocycles. The van der Waals surface area contributed by atoms with E-state index in [9.17, 15) is 4.79 Å². The number of carbonyl (C=O) groups is 1. The van der Waals surface area contributed by atoms with E-state index in [1.54, 1.807) is 0 Å². The molecule has 0 heterocycles. The van der Waals surface area contributed by atoms with Gasteiger partial charge in [0.05, 0.1) is 12.2 Å². The Hall–Kier alpha value is -0.410. The van der Waals surface area contributed by atoms with Crippen LogP contribution in [0.2, 0.25) is 0 Å². The van der Waals surface area contributed by atoms with Crippen molar-refractivity contribution in [3.05, 3.63) is 0 Å². The zero-order valence-electron chi connectivity index (χ0n) is 25.9. The topological polar surface area (TPSA) is 35.5 Å². The smallest absolute Gasteiger partial charge is 0.145 e. The summed E-state index contributed by atoms with van der Waals surface area (Å²) in [4.78, 5) is 13.8. The largest absolute Gasteiger partial charge is 0.378 e. The van der Waals surface area contributed by atoms with Crippen LogP contribution in [-0.4, -0.2) is 31.2 Å². The molecule has 0 N–H and O–H groups in total. The average Bonchev–Trinajstić information content (AvgIpc) is 2.99. The van der Waals surface area contributed by atoms with E-state index in [0.717, 1.165) is 42.7 Å². The second kappa shape index (κ2) is 14.2. The number of unbranched alkanes of at least 4 members (excludes halogenated alkanes) is 4. The Morgan fingerprint density at radius 2 is 0.897 bits per heavy atom. The summed E-state index contributed by atoms with van der Waals surface area (Å²) in [7, 11) is 0. The van der Waals surface area contributed by atoms with E-state index in [1.807, 2.05) is 0 Å². The van der Waals surface area contributed by atoms with Gasteiger partial charge >= 0.3 is 0 Å². The lowest BCUT2D eigenvalue weighted by Crippen LogP contribution is -2.60. The molecule has 224 valence electrons. The van der Waals surface area contributed by atoms with Crippen LogP contribution in [0.5, 0.6) is 0 Å². The molecular weight excluding hydrogens is 480 g/mol. The Bertz CT molecular complexity index is 668. The summed E-state index contributed by atoms with van der Waals surface area (Å²) in [5.41, 5.74) is 0.187. The highest BCUT2D eigenvalue weighted by Gasteiger charge is 2.63. The number of rotatable bonds is 12. The lowest BCUT2D eigenvalue weighted by Gasteiger charge is -2.60. The maximum absolute atomic E-state index is 13.8. The summed E-state index contributed by atoms with van der Waals surface area (Å²) in [6.45, 7) is 6.46. The van der Waals surface area contributed by atoms with E-state index in [0.29, 0.717) is 12.2 Å². The Balaban J connectivity index is 0.984. The SMILES string of the molecule is CCCCCOC1CCC(C2CCC3(CC2)CC2(CCC(C4CCC(OCCCCC)CC4)CC2)C3=O)CC1. The molecule has 0 saturated heterocycles. The highest BCUT2D eigenvalue weighted by Crippen LogP contribution is 2.65. The minimum absolute atomic E-state index is 0.0934.